The fourth-order valence-corrected chi connectivity index (χ4v) is 2.34. The lowest BCUT2D eigenvalue weighted by atomic mass is 10.2. The van der Waals surface area contributed by atoms with Gasteiger partial charge >= 0.3 is 0 Å². The molecule has 0 fully saturated rings. The summed E-state index contributed by atoms with van der Waals surface area (Å²) in [6, 6.07) is 9.96. The van der Waals surface area contributed by atoms with Crippen molar-refractivity contribution in [3.63, 3.8) is 0 Å². The Morgan fingerprint density at radius 2 is 2.15 bits per heavy atom. The second-order valence-electron chi connectivity index (χ2n) is 5.77. The number of anilines is 1. The first-order chi connectivity index (χ1) is 12.6. The van der Waals surface area contributed by atoms with Crippen LogP contribution in [0, 0.1) is 5.95 Å². The average Bonchev–Trinajstić information content (AvgIpc) is 2.63. The van der Waals surface area contributed by atoms with Gasteiger partial charge in [-0.3, -0.25) is 4.79 Å². The zero-order chi connectivity index (χ0) is 18.8. The number of aromatic nitrogens is 1. The molecule has 2 rings (SSSR count). The first kappa shape index (κ1) is 19.4. The summed E-state index contributed by atoms with van der Waals surface area (Å²) in [7, 11) is 0. The smallest absolute Gasteiger partial charge is 0.255 e. The largest absolute Gasteiger partial charge is 0.494 e. The number of ether oxygens (including phenoxy) is 1. The molecule has 1 aromatic heterocycles. The van der Waals surface area contributed by atoms with Gasteiger partial charge in [0, 0.05) is 6.54 Å². The minimum absolute atomic E-state index is 0.128. The Kier molecular flexibility index (Phi) is 7.61. The fraction of sp³-hybridized carbons (Fsp3) is 0.300. The molecule has 2 aromatic rings. The Morgan fingerprint density at radius 3 is 2.92 bits per heavy atom. The van der Waals surface area contributed by atoms with Crippen molar-refractivity contribution in [2.75, 3.05) is 12.3 Å². The van der Waals surface area contributed by atoms with Gasteiger partial charge in [-0.15, -0.1) is 0 Å². The van der Waals surface area contributed by atoms with Crippen LogP contribution in [0.4, 0.5) is 10.2 Å². The van der Waals surface area contributed by atoms with Crippen molar-refractivity contribution in [2.24, 2.45) is 0 Å². The van der Waals surface area contributed by atoms with Crippen LogP contribution < -0.4 is 15.8 Å². The van der Waals surface area contributed by atoms with Crippen molar-refractivity contribution < 1.29 is 13.9 Å². The number of halogens is 1. The predicted octanol–water partition coefficient (Wildman–Crippen LogP) is 3.86. The molecule has 1 amide bonds. The highest BCUT2D eigenvalue weighted by Crippen LogP contribution is 2.15. The van der Waals surface area contributed by atoms with Crippen molar-refractivity contribution in [1.29, 1.82) is 0 Å². The summed E-state index contributed by atoms with van der Waals surface area (Å²) in [5.74, 6) is -0.478. The van der Waals surface area contributed by atoms with Crippen LogP contribution in [-0.2, 0) is 6.54 Å². The number of nitrogen functional groups attached to an aromatic ring is 1. The van der Waals surface area contributed by atoms with Crippen LogP contribution >= 0.6 is 0 Å². The number of nitrogens with zero attached hydrogens (tertiary/aromatic N) is 1. The van der Waals surface area contributed by atoms with E-state index in [1.165, 1.54) is 6.07 Å². The van der Waals surface area contributed by atoms with E-state index in [0.29, 0.717) is 13.2 Å². The molecule has 26 heavy (non-hydrogen) atoms. The standard InChI is InChI=1S/C20H24FN3O2/c1-2-3-4-5-6-12-26-16-9-7-8-15(13-16)14-23-20(25)17-10-11-18(21)24-19(17)22/h3-4,7-11,13H,2,5-6,12,14H2,1H3,(H2,22,24)(H,23,25). The van der Waals surface area contributed by atoms with Crippen LogP contribution in [0.1, 0.15) is 42.1 Å². The number of nitrogens with two attached hydrogens (primary N) is 1. The summed E-state index contributed by atoms with van der Waals surface area (Å²) >= 11 is 0. The number of unbranched alkanes of at least 4 members (excludes halogenated alkanes) is 1. The highest BCUT2D eigenvalue weighted by Gasteiger charge is 2.11. The van der Waals surface area contributed by atoms with Gasteiger partial charge in [-0.05, 0) is 49.1 Å². The molecule has 0 saturated carbocycles. The molecule has 0 spiro atoms. The third-order valence-corrected chi connectivity index (χ3v) is 3.67. The first-order valence-corrected chi connectivity index (χ1v) is 8.67. The van der Waals surface area contributed by atoms with E-state index in [1.807, 2.05) is 24.3 Å². The van der Waals surface area contributed by atoms with E-state index in [2.05, 4.69) is 29.4 Å². The van der Waals surface area contributed by atoms with Gasteiger partial charge in [0.25, 0.3) is 5.91 Å². The second kappa shape index (κ2) is 10.2. The molecule has 0 bridgehead atoms. The van der Waals surface area contributed by atoms with Crippen LogP contribution in [-0.4, -0.2) is 17.5 Å². The topological polar surface area (TPSA) is 77.2 Å². The summed E-state index contributed by atoms with van der Waals surface area (Å²) in [4.78, 5) is 15.6. The highest BCUT2D eigenvalue weighted by molar-refractivity contribution is 5.98. The van der Waals surface area contributed by atoms with E-state index in [0.717, 1.165) is 36.6 Å². The zero-order valence-corrected chi connectivity index (χ0v) is 14.9. The lowest BCUT2D eigenvalue weighted by molar-refractivity contribution is 0.0951. The third kappa shape index (κ3) is 6.20. The van der Waals surface area contributed by atoms with Crippen LogP contribution in [0.2, 0.25) is 0 Å². The Balaban J connectivity index is 1.84. The summed E-state index contributed by atoms with van der Waals surface area (Å²) in [5, 5.41) is 2.75. The molecule has 138 valence electrons. The van der Waals surface area contributed by atoms with E-state index in [1.54, 1.807) is 0 Å². The van der Waals surface area contributed by atoms with Crippen molar-refractivity contribution in [1.82, 2.24) is 10.3 Å². The molecular formula is C20H24FN3O2. The lowest BCUT2D eigenvalue weighted by Gasteiger charge is -2.09. The molecule has 0 radical (unpaired) electrons. The minimum atomic E-state index is -0.714. The summed E-state index contributed by atoms with van der Waals surface area (Å²) in [5.41, 5.74) is 6.63. The van der Waals surface area contributed by atoms with Gasteiger partial charge in [0.15, 0.2) is 0 Å². The van der Waals surface area contributed by atoms with Gasteiger partial charge in [-0.25, -0.2) is 4.98 Å². The van der Waals surface area contributed by atoms with E-state index in [4.69, 9.17) is 10.5 Å². The van der Waals surface area contributed by atoms with E-state index >= 15 is 0 Å². The molecule has 0 aliphatic carbocycles. The Labute approximate surface area is 153 Å². The normalized spacial score (nSPS) is 10.8. The van der Waals surface area contributed by atoms with Crippen LogP contribution in [0.5, 0.6) is 5.75 Å². The molecule has 0 aliphatic rings. The number of rotatable bonds is 9. The van der Waals surface area contributed by atoms with Crippen molar-refractivity contribution in [3.05, 3.63) is 65.6 Å². The second-order valence-corrected chi connectivity index (χ2v) is 5.77. The maximum Gasteiger partial charge on any atom is 0.255 e. The minimum Gasteiger partial charge on any atom is -0.494 e. The number of nitrogens with one attached hydrogen (secondary N) is 1. The van der Waals surface area contributed by atoms with E-state index < -0.39 is 11.9 Å². The number of carbonyl (C=O) groups is 1. The number of hydrogen-bond acceptors (Lipinski definition) is 4. The highest BCUT2D eigenvalue weighted by atomic mass is 19.1. The monoisotopic (exact) mass is 357 g/mol. The molecule has 6 heteroatoms. The van der Waals surface area contributed by atoms with Gasteiger partial charge in [-0.2, -0.15) is 4.39 Å². The maximum atomic E-state index is 13.0. The lowest BCUT2D eigenvalue weighted by Crippen LogP contribution is -2.24. The van der Waals surface area contributed by atoms with Gasteiger partial charge in [-0.1, -0.05) is 31.2 Å². The third-order valence-electron chi connectivity index (χ3n) is 3.67. The van der Waals surface area contributed by atoms with Crippen LogP contribution in [0.3, 0.4) is 0 Å². The number of carbonyl (C=O) groups excluding carboxylic acids is 1. The molecule has 0 saturated heterocycles. The SMILES string of the molecule is CCC=CCCCOc1cccc(CNC(=O)c2ccc(F)nc2N)c1. The van der Waals surface area contributed by atoms with Gasteiger partial charge in [0.1, 0.15) is 11.6 Å². The number of allylic oxidation sites excluding steroid dienone is 2. The molecule has 3 N–H and O–H groups in total. The molecule has 1 aromatic carbocycles. The molecule has 0 unspecified atom stereocenters. The van der Waals surface area contributed by atoms with E-state index in [9.17, 15) is 9.18 Å². The average molecular weight is 357 g/mol. The zero-order valence-electron chi connectivity index (χ0n) is 14.9. The Bertz CT molecular complexity index is 762. The van der Waals surface area contributed by atoms with Gasteiger partial charge < -0.3 is 15.8 Å². The van der Waals surface area contributed by atoms with E-state index in [-0.39, 0.29) is 11.4 Å². The summed E-state index contributed by atoms with van der Waals surface area (Å²) in [6.07, 6.45) is 7.30. The fourth-order valence-electron chi connectivity index (χ4n) is 2.34. The molecular weight excluding hydrogens is 333 g/mol. The Morgan fingerprint density at radius 1 is 1.31 bits per heavy atom. The van der Waals surface area contributed by atoms with Gasteiger partial charge in [0.05, 0.1) is 12.2 Å². The van der Waals surface area contributed by atoms with Crippen molar-refractivity contribution in [3.8, 4) is 5.75 Å². The Hall–Kier alpha value is -2.89. The maximum absolute atomic E-state index is 13.0. The number of pyridine rings is 1. The predicted molar refractivity (Wildman–Crippen MR) is 100 cm³/mol. The quantitative estimate of drug-likeness (QED) is 0.406. The van der Waals surface area contributed by atoms with Gasteiger partial charge in [0.2, 0.25) is 5.95 Å². The van der Waals surface area contributed by atoms with Crippen molar-refractivity contribution in [2.45, 2.75) is 32.7 Å². The number of amides is 1. The number of benzene rings is 1. The summed E-state index contributed by atoms with van der Waals surface area (Å²) in [6.45, 7) is 3.06. The molecule has 1 heterocycles. The molecule has 0 aliphatic heterocycles. The molecule has 5 nitrogen and oxygen atoms in total. The van der Waals surface area contributed by atoms with Crippen molar-refractivity contribution >= 4 is 11.7 Å². The number of hydrogen-bond donors (Lipinski definition) is 2. The molecule has 0 atom stereocenters. The van der Waals surface area contributed by atoms with Crippen LogP contribution in [0.15, 0.2) is 48.6 Å². The first-order valence-electron chi connectivity index (χ1n) is 8.67. The summed E-state index contributed by atoms with van der Waals surface area (Å²) < 4.78 is 18.7. The van der Waals surface area contributed by atoms with Crippen LogP contribution in [0.25, 0.3) is 0 Å².